The van der Waals surface area contributed by atoms with Crippen LogP contribution in [-0.4, -0.2) is 38.1 Å². The number of hydrogen-bond donors (Lipinski definition) is 2. The second-order valence-corrected chi connectivity index (χ2v) is 4.96. The fourth-order valence-corrected chi connectivity index (χ4v) is 1.75. The van der Waals surface area contributed by atoms with Crippen molar-refractivity contribution in [3.8, 4) is 5.75 Å². The number of carbonyl (C=O) groups is 2. The third kappa shape index (κ3) is 4.50. The smallest absolute Gasteiger partial charge is 0.358 e. The maximum absolute atomic E-state index is 13.9. The Bertz CT molecular complexity index is 729. The quantitative estimate of drug-likeness (QED) is 0.835. The maximum atomic E-state index is 13.9. The maximum Gasteiger partial charge on any atom is 0.358 e. The van der Waals surface area contributed by atoms with Crippen LogP contribution in [0.1, 0.15) is 24.3 Å². The van der Waals surface area contributed by atoms with E-state index in [1.165, 1.54) is 18.2 Å². The van der Waals surface area contributed by atoms with Crippen LogP contribution in [0.4, 0.5) is 10.1 Å². The number of amides is 1. The third-order valence-electron chi connectivity index (χ3n) is 2.65. The second kappa shape index (κ2) is 6.86. The molecule has 0 fully saturated rings. The zero-order chi connectivity index (χ0) is 17.0. The van der Waals surface area contributed by atoms with E-state index in [1.54, 1.807) is 0 Å². The molecule has 8 nitrogen and oxygen atoms in total. The second-order valence-electron chi connectivity index (χ2n) is 4.96. The predicted molar refractivity (Wildman–Crippen MR) is 77.8 cm³/mol. The summed E-state index contributed by atoms with van der Waals surface area (Å²) in [4.78, 5) is 22.5. The van der Waals surface area contributed by atoms with E-state index in [9.17, 15) is 14.0 Å². The molecule has 0 unspecified atom stereocenters. The normalized spacial score (nSPS) is 10.6. The van der Waals surface area contributed by atoms with E-state index in [0.717, 1.165) is 10.9 Å². The van der Waals surface area contributed by atoms with Crippen LogP contribution >= 0.6 is 0 Å². The first-order valence-electron chi connectivity index (χ1n) is 6.74. The van der Waals surface area contributed by atoms with Crippen molar-refractivity contribution in [2.24, 2.45) is 0 Å². The molecule has 0 spiro atoms. The number of nitrogens with one attached hydrogen (secondary N) is 1. The van der Waals surface area contributed by atoms with Crippen molar-refractivity contribution in [3.63, 3.8) is 0 Å². The molecular formula is C14H15FN4O4. The molecule has 2 rings (SSSR count). The predicted octanol–water partition coefficient (Wildman–Crippen LogP) is 1.54. The first-order chi connectivity index (χ1) is 10.8. The number of rotatable bonds is 6. The van der Waals surface area contributed by atoms with Gasteiger partial charge in [-0.05, 0) is 26.0 Å². The van der Waals surface area contributed by atoms with Crippen LogP contribution in [0.3, 0.4) is 0 Å². The van der Waals surface area contributed by atoms with Crippen molar-refractivity contribution in [2.75, 3.05) is 5.32 Å². The van der Waals surface area contributed by atoms with E-state index in [0.29, 0.717) is 5.75 Å². The average molecular weight is 322 g/mol. The fourth-order valence-electron chi connectivity index (χ4n) is 1.75. The number of benzene rings is 1. The van der Waals surface area contributed by atoms with Gasteiger partial charge in [-0.15, -0.1) is 5.10 Å². The topological polar surface area (TPSA) is 106 Å². The van der Waals surface area contributed by atoms with E-state index in [1.807, 2.05) is 13.8 Å². The van der Waals surface area contributed by atoms with Gasteiger partial charge in [-0.3, -0.25) is 4.79 Å². The molecule has 1 aromatic heterocycles. The van der Waals surface area contributed by atoms with Crippen LogP contribution in [0.2, 0.25) is 0 Å². The van der Waals surface area contributed by atoms with Gasteiger partial charge < -0.3 is 15.2 Å². The molecule has 9 heteroatoms. The Balaban J connectivity index is 2.00. The van der Waals surface area contributed by atoms with Gasteiger partial charge in [0.2, 0.25) is 5.91 Å². The average Bonchev–Trinajstić information content (AvgIpc) is 2.90. The zero-order valence-corrected chi connectivity index (χ0v) is 12.5. The van der Waals surface area contributed by atoms with Gasteiger partial charge in [0.25, 0.3) is 0 Å². The molecule has 2 aromatic rings. The van der Waals surface area contributed by atoms with E-state index < -0.39 is 17.7 Å². The van der Waals surface area contributed by atoms with Gasteiger partial charge in [0, 0.05) is 6.07 Å². The van der Waals surface area contributed by atoms with Gasteiger partial charge in [0.05, 0.1) is 18.0 Å². The van der Waals surface area contributed by atoms with Gasteiger partial charge in [0.15, 0.2) is 5.69 Å². The first kappa shape index (κ1) is 16.4. The molecule has 0 aliphatic heterocycles. The number of aromatic nitrogens is 3. The molecule has 0 atom stereocenters. The van der Waals surface area contributed by atoms with Crippen molar-refractivity contribution in [3.05, 3.63) is 35.9 Å². The minimum Gasteiger partial charge on any atom is -0.491 e. The van der Waals surface area contributed by atoms with E-state index in [-0.39, 0.29) is 24.0 Å². The van der Waals surface area contributed by atoms with Crippen LogP contribution in [0.25, 0.3) is 0 Å². The van der Waals surface area contributed by atoms with Gasteiger partial charge in [-0.25, -0.2) is 13.9 Å². The van der Waals surface area contributed by atoms with Gasteiger partial charge in [-0.2, -0.15) is 0 Å². The summed E-state index contributed by atoms with van der Waals surface area (Å²) in [7, 11) is 0. The molecule has 0 saturated heterocycles. The lowest BCUT2D eigenvalue weighted by Crippen LogP contribution is -2.20. The number of hydrogen-bond acceptors (Lipinski definition) is 5. The standard InChI is InChI=1S/C14H15FN4O4/c1-8(2)23-9-3-4-11(10(15)5-9)16-13(20)7-19-6-12(14(21)22)17-18-19/h3-6,8H,7H2,1-2H3,(H,16,20)(H,21,22). The molecule has 23 heavy (non-hydrogen) atoms. The minimum absolute atomic E-state index is 0.00956. The summed E-state index contributed by atoms with van der Waals surface area (Å²) in [6, 6.07) is 4.10. The lowest BCUT2D eigenvalue weighted by Gasteiger charge is -2.11. The van der Waals surface area contributed by atoms with Crippen LogP contribution < -0.4 is 10.1 Å². The van der Waals surface area contributed by atoms with Crippen molar-refractivity contribution >= 4 is 17.6 Å². The summed E-state index contributed by atoms with van der Waals surface area (Å²) in [6.45, 7) is 3.35. The summed E-state index contributed by atoms with van der Waals surface area (Å²) in [6.07, 6.45) is 1.02. The van der Waals surface area contributed by atoms with Crippen LogP contribution in [0, 0.1) is 5.82 Å². The summed E-state index contributed by atoms with van der Waals surface area (Å²) in [5.41, 5.74) is -0.288. The molecule has 1 amide bonds. The monoisotopic (exact) mass is 322 g/mol. The minimum atomic E-state index is -1.25. The molecule has 0 saturated carbocycles. The van der Waals surface area contributed by atoms with Crippen LogP contribution in [-0.2, 0) is 11.3 Å². The summed E-state index contributed by atoms with van der Waals surface area (Å²) in [5, 5.41) is 18.0. The van der Waals surface area contributed by atoms with Crippen LogP contribution in [0.15, 0.2) is 24.4 Å². The Morgan fingerprint density at radius 1 is 1.43 bits per heavy atom. The van der Waals surface area contributed by atoms with Crippen molar-refractivity contribution in [2.45, 2.75) is 26.5 Å². The third-order valence-corrected chi connectivity index (χ3v) is 2.65. The van der Waals surface area contributed by atoms with E-state index >= 15 is 0 Å². The van der Waals surface area contributed by atoms with Crippen molar-refractivity contribution in [1.82, 2.24) is 15.0 Å². The molecule has 2 N–H and O–H groups in total. The molecule has 0 aliphatic carbocycles. The Labute approximate surface area is 130 Å². The van der Waals surface area contributed by atoms with Gasteiger partial charge in [0.1, 0.15) is 18.1 Å². The molecule has 1 heterocycles. The SMILES string of the molecule is CC(C)Oc1ccc(NC(=O)Cn2cc(C(=O)O)nn2)c(F)c1. The molecule has 1 aromatic carbocycles. The lowest BCUT2D eigenvalue weighted by atomic mass is 10.2. The summed E-state index contributed by atoms with van der Waals surface area (Å²) >= 11 is 0. The lowest BCUT2D eigenvalue weighted by molar-refractivity contribution is -0.117. The summed E-state index contributed by atoms with van der Waals surface area (Å²) in [5.74, 6) is -2.09. The number of ether oxygens (including phenoxy) is 1. The molecule has 122 valence electrons. The Kier molecular flexibility index (Phi) is 4.89. The number of aromatic carboxylic acids is 1. The zero-order valence-electron chi connectivity index (χ0n) is 12.5. The van der Waals surface area contributed by atoms with Crippen LogP contribution in [0.5, 0.6) is 5.75 Å². The fraction of sp³-hybridized carbons (Fsp3) is 0.286. The number of nitrogens with zero attached hydrogens (tertiary/aromatic N) is 3. The number of halogens is 1. The number of carbonyl (C=O) groups excluding carboxylic acids is 1. The van der Waals surface area contributed by atoms with Crippen molar-refractivity contribution < 1.29 is 23.8 Å². The molecule has 0 bridgehead atoms. The largest absolute Gasteiger partial charge is 0.491 e. The van der Waals surface area contributed by atoms with Gasteiger partial charge in [-0.1, -0.05) is 5.21 Å². The van der Waals surface area contributed by atoms with Crippen molar-refractivity contribution in [1.29, 1.82) is 0 Å². The Hall–Kier alpha value is -2.97. The Morgan fingerprint density at radius 3 is 2.74 bits per heavy atom. The van der Waals surface area contributed by atoms with E-state index in [2.05, 4.69) is 15.6 Å². The molecular weight excluding hydrogens is 307 g/mol. The highest BCUT2D eigenvalue weighted by Crippen LogP contribution is 2.21. The number of anilines is 1. The number of carboxylic acids is 1. The highest BCUT2D eigenvalue weighted by molar-refractivity contribution is 5.91. The molecule has 0 radical (unpaired) electrons. The highest BCUT2D eigenvalue weighted by Gasteiger charge is 2.13. The Morgan fingerprint density at radius 2 is 2.17 bits per heavy atom. The van der Waals surface area contributed by atoms with E-state index in [4.69, 9.17) is 9.84 Å². The summed E-state index contributed by atoms with van der Waals surface area (Å²) < 4.78 is 20.3. The van der Waals surface area contributed by atoms with Gasteiger partial charge >= 0.3 is 5.97 Å². The highest BCUT2D eigenvalue weighted by atomic mass is 19.1. The molecule has 0 aliphatic rings. The number of carboxylic acid groups (broad SMARTS) is 1. The first-order valence-corrected chi connectivity index (χ1v) is 6.74.